The Kier molecular flexibility index (Phi) is 11.4. The van der Waals surface area contributed by atoms with Gasteiger partial charge >= 0.3 is 5.97 Å². The molecule has 37 heavy (non-hydrogen) atoms. The van der Waals surface area contributed by atoms with E-state index in [-0.39, 0.29) is 24.3 Å². The first-order valence-corrected chi connectivity index (χ1v) is 12.1. The van der Waals surface area contributed by atoms with Crippen LogP contribution in [0.15, 0.2) is 54.6 Å². The number of aromatic hydroxyl groups is 1. The van der Waals surface area contributed by atoms with Gasteiger partial charge in [-0.15, -0.1) is 0 Å². The zero-order valence-electron chi connectivity index (χ0n) is 20.2. The number of hydrogen-bond acceptors (Lipinski definition) is 8. The zero-order chi connectivity index (χ0) is 27.5. The third-order valence-corrected chi connectivity index (χ3v) is 5.90. The van der Waals surface area contributed by atoms with Gasteiger partial charge in [-0.1, -0.05) is 42.5 Å². The third-order valence-electron chi connectivity index (χ3n) is 5.50. The van der Waals surface area contributed by atoms with Gasteiger partial charge in [0, 0.05) is 18.6 Å². The smallest absolute Gasteiger partial charge is 0.328 e. The quantitative estimate of drug-likeness (QED) is 0.156. The van der Waals surface area contributed by atoms with Crippen molar-refractivity contribution in [3.8, 4) is 5.75 Å². The lowest BCUT2D eigenvalue weighted by Crippen LogP contribution is -2.59. The number of hydrogen-bond donors (Lipinski definition) is 8. The SMILES string of the molecule is CC(O)C(NC(=O)C(Cc1ccc(O)cc1)NC(=O)C(Cc1ccccc1)NC(=O)C(N)CS)C(=O)O. The van der Waals surface area contributed by atoms with Crippen LogP contribution in [0.4, 0.5) is 0 Å². The minimum Gasteiger partial charge on any atom is -0.508 e. The monoisotopic (exact) mass is 532 g/mol. The molecule has 0 saturated heterocycles. The largest absolute Gasteiger partial charge is 0.508 e. The predicted octanol–water partition coefficient (Wildman–Crippen LogP) is -0.646. The van der Waals surface area contributed by atoms with Gasteiger partial charge in [-0.05, 0) is 30.2 Å². The second-order valence-electron chi connectivity index (χ2n) is 8.54. The average molecular weight is 533 g/mol. The molecule has 2 rings (SSSR count). The number of nitrogens with one attached hydrogen (secondary N) is 3. The number of carbonyl (C=O) groups is 4. The maximum Gasteiger partial charge on any atom is 0.328 e. The molecule has 0 heterocycles. The number of rotatable bonds is 13. The van der Waals surface area contributed by atoms with Gasteiger partial charge < -0.3 is 37.0 Å². The average Bonchev–Trinajstić information content (AvgIpc) is 2.87. The Bertz CT molecular complexity index is 1070. The first kappa shape index (κ1) is 29.6. The van der Waals surface area contributed by atoms with Crippen molar-refractivity contribution in [1.82, 2.24) is 16.0 Å². The second kappa shape index (κ2) is 14.2. The molecule has 0 aliphatic carbocycles. The molecule has 11 nitrogen and oxygen atoms in total. The number of carboxylic acid groups (broad SMARTS) is 1. The number of amides is 3. The van der Waals surface area contributed by atoms with Gasteiger partial charge in [0.25, 0.3) is 0 Å². The van der Waals surface area contributed by atoms with Crippen molar-refractivity contribution in [3.05, 3.63) is 65.7 Å². The summed E-state index contributed by atoms with van der Waals surface area (Å²) in [5.74, 6) is -3.57. The lowest BCUT2D eigenvalue weighted by atomic mass is 10.0. The molecule has 0 bridgehead atoms. The summed E-state index contributed by atoms with van der Waals surface area (Å²) in [4.78, 5) is 50.3. The summed E-state index contributed by atoms with van der Waals surface area (Å²) in [7, 11) is 0. The number of aliphatic carboxylic acids is 1. The number of benzene rings is 2. The molecule has 0 fully saturated rings. The Morgan fingerprint density at radius 3 is 1.81 bits per heavy atom. The fraction of sp³-hybridized carbons (Fsp3) is 0.360. The summed E-state index contributed by atoms with van der Waals surface area (Å²) in [5, 5.41) is 36.1. The summed E-state index contributed by atoms with van der Waals surface area (Å²) in [6.45, 7) is 1.21. The van der Waals surface area contributed by atoms with Gasteiger partial charge in [0.15, 0.2) is 6.04 Å². The molecule has 5 atom stereocenters. The van der Waals surface area contributed by atoms with Crippen LogP contribution in [0.2, 0.25) is 0 Å². The van der Waals surface area contributed by atoms with Crippen molar-refractivity contribution in [2.75, 3.05) is 5.75 Å². The molecule has 2 aromatic carbocycles. The maximum atomic E-state index is 13.3. The standard InChI is InChI=1S/C25H32N4O7S/c1-14(30)21(25(35)36)29-24(34)20(12-16-7-9-17(31)10-8-16)28-23(33)19(27-22(32)18(26)13-37)11-15-5-3-2-4-6-15/h2-10,14,18-21,30-31,37H,11-13,26H2,1H3,(H,27,32)(H,28,33)(H,29,34)(H,35,36). The minimum atomic E-state index is -1.61. The Morgan fingerprint density at radius 1 is 0.838 bits per heavy atom. The van der Waals surface area contributed by atoms with E-state index in [9.17, 15) is 34.5 Å². The highest BCUT2D eigenvalue weighted by Gasteiger charge is 2.32. The maximum absolute atomic E-state index is 13.3. The lowest BCUT2D eigenvalue weighted by Gasteiger charge is -2.26. The first-order valence-electron chi connectivity index (χ1n) is 11.5. The van der Waals surface area contributed by atoms with E-state index in [0.717, 1.165) is 5.56 Å². The van der Waals surface area contributed by atoms with Crippen LogP contribution in [-0.4, -0.2) is 75.0 Å². The number of aliphatic hydroxyl groups excluding tert-OH is 1. The number of carbonyl (C=O) groups excluding carboxylic acids is 3. The van der Waals surface area contributed by atoms with E-state index in [0.29, 0.717) is 5.56 Å². The molecule has 0 aliphatic heterocycles. The van der Waals surface area contributed by atoms with Crippen LogP contribution in [-0.2, 0) is 32.0 Å². The highest BCUT2D eigenvalue weighted by Crippen LogP contribution is 2.12. The highest BCUT2D eigenvalue weighted by molar-refractivity contribution is 7.80. The van der Waals surface area contributed by atoms with E-state index in [1.165, 1.54) is 19.1 Å². The summed E-state index contributed by atoms with van der Waals surface area (Å²) in [6.07, 6.45) is -1.37. The topological polar surface area (TPSA) is 191 Å². The van der Waals surface area contributed by atoms with Gasteiger partial charge in [-0.3, -0.25) is 14.4 Å². The number of phenols is 1. The van der Waals surface area contributed by atoms with E-state index in [2.05, 4.69) is 28.6 Å². The number of carboxylic acids is 1. The Morgan fingerprint density at radius 2 is 1.32 bits per heavy atom. The summed E-state index contributed by atoms with van der Waals surface area (Å²) >= 11 is 4.01. The van der Waals surface area contributed by atoms with Crippen molar-refractivity contribution in [1.29, 1.82) is 0 Å². The molecule has 2 aromatic rings. The first-order chi connectivity index (χ1) is 17.5. The highest BCUT2D eigenvalue weighted by atomic mass is 32.1. The van der Waals surface area contributed by atoms with E-state index < -0.39 is 54.0 Å². The van der Waals surface area contributed by atoms with Crippen LogP contribution in [0.5, 0.6) is 5.75 Å². The van der Waals surface area contributed by atoms with Gasteiger partial charge in [0.2, 0.25) is 17.7 Å². The number of nitrogens with two attached hydrogens (primary N) is 1. The summed E-state index contributed by atoms with van der Waals surface area (Å²) < 4.78 is 0. The molecule has 8 N–H and O–H groups in total. The predicted molar refractivity (Wildman–Crippen MR) is 139 cm³/mol. The molecule has 5 unspecified atom stereocenters. The van der Waals surface area contributed by atoms with Crippen molar-refractivity contribution in [2.24, 2.45) is 5.73 Å². The van der Waals surface area contributed by atoms with Gasteiger partial charge in [0.1, 0.15) is 17.8 Å². The van der Waals surface area contributed by atoms with Crippen LogP contribution >= 0.6 is 12.6 Å². The van der Waals surface area contributed by atoms with E-state index >= 15 is 0 Å². The van der Waals surface area contributed by atoms with Crippen molar-refractivity contribution in [2.45, 2.75) is 50.0 Å². The van der Waals surface area contributed by atoms with E-state index in [4.69, 9.17) is 5.73 Å². The van der Waals surface area contributed by atoms with Crippen LogP contribution in [0.1, 0.15) is 18.1 Å². The summed E-state index contributed by atoms with van der Waals surface area (Å²) in [5.41, 5.74) is 7.05. The Balaban J connectivity index is 2.31. The molecule has 0 spiro atoms. The van der Waals surface area contributed by atoms with E-state index in [1.807, 2.05) is 0 Å². The normalized spacial score (nSPS) is 14.9. The molecule has 0 aromatic heterocycles. The lowest BCUT2D eigenvalue weighted by molar-refractivity contribution is -0.145. The van der Waals surface area contributed by atoms with Gasteiger partial charge in [-0.25, -0.2) is 4.79 Å². The molecular weight excluding hydrogens is 500 g/mol. The van der Waals surface area contributed by atoms with Crippen molar-refractivity contribution in [3.63, 3.8) is 0 Å². The van der Waals surface area contributed by atoms with E-state index in [1.54, 1.807) is 42.5 Å². The Labute approximate surface area is 219 Å². The molecule has 3 amide bonds. The van der Waals surface area contributed by atoms with Gasteiger partial charge in [0.05, 0.1) is 12.1 Å². The van der Waals surface area contributed by atoms with Gasteiger partial charge in [-0.2, -0.15) is 12.6 Å². The molecule has 12 heteroatoms. The van der Waals surface area contributed by atoms with Crippen molar-refractivity contribution >= 4 is 36.3 Å². The van der Waals surface area contributed by atoms with Crippen LogP contribution < -0.4 is 21.7 Å². The fourth-order valence-electron chi connectivity index (χ4n) is 3.41. The zero-order valence-corrected chi connectivity index (χ0v) is 21.1. The van der Waals surface area contributed by atoms with Crippen LogP contribution in [0.3, 0.4) is 0 Å². The second-order valence-corrected chi connectivity index (χ2v) is 8.90. The summed E-state index contributed by atoms with van der Waals surface area (Å²) in [6, 6.07) is 9.81. The Hall–Kier alpha value is -3.61. The molecule has 0 radical (unpaired) electrons. The third kappa shape index (κ3) is 9.41. The van der Waals surface area contributed by atoms with Crippen LogP contribution in [0, 0.1) is 0 Å². The number of aliphatic hydroxyl groups is 1. The molecule has 0 aliphatic rings. The molecule has 200 valence electrons. The minimum absolute atomic E-state index is 0.000000579. The number of thiol groups is 1. The molecular formula is C25H32N4O7S. The fourth-order valence-corrected chi connectivity index (χ4v) is 3.58. The number of phenolic OH excluding ortho intramolecular Hbond substituents is 1. The van der Waals surface area contributed by atoms with Crippen molar-refractivity contribution < 1.29 is 34.5 Å². The molecule has 0 saturated carbocycles. The van der Waals surface area contributed by atoms with Crippen LogP contribution in [0.25, 0.3) is 0 Å².